The molecule has 7 nitrogen and oxygen atoms in total. The quantitative estimate of drug-likeness (QED) is 0.657. The van der Waals surface area contributed by atoms with Gasteiger partial charge in [0.25, 0.3) is 5.69 Å². The van der Waals surface area contributed by atoms with Gasteiger partial charge in [-0.3, -0.25) is 14.9 Å². The highest BCUT2D eigenvalue weighted by atomic mass is 35.5. The van der Waals surface area contributed by atoms with Crippen LogP contribution in [0.1, 0.15) is 13.8 Å². The lowest BCUT2D eigenvalue weighted by Crippen LogP contribution is -2.49. The van der Waals surface area contributed by atoms with Gasteiger partial charge in [-0.2, -0.15) is 0 Å². The summed E-state index contributed by atoms with van der Waals surface area (Å²) in [5, 5.41) is 14.1. The van der Waals surface area contributed by atoms with Crippen molar-refractivity contribution in [3.05, 3.63) is 33.3 Å². The van der Waals surface area contributed by atoms with Crippen LogP contribution in [0.5, 0.6) is 0 Å². The summed E-state index contributed by atoms with van der Waals surface area (Å²) < 4.78 is 5.26. The van der Waals surface area contributed by atoms with E-state index >= 15 is 0 Å². The molecule has 1 amide bonds. The number of nitro groups is 1. The van der Waals surface area contributed by atoms with Gasteiger partial charge in [0.1, 0.15) is 6.04 Å². The Labute approximate surface area is 139 Å². The van der Waals surface area contributed by atoms with Gasteiger partial charge in [0.15, 0.2) is 0 Å². The minimum Gasteiger partial charge on any atom is -0.378 e. The zero-order valence-electron chi connectivity index (χ0n) is 13.1. The third-order valence-electron chi connectivity index (χ3n) is 3.73. The van der Waals surface area contributed by atoms with Crippen molar-refractivity contribution in [3.63, 3.8) is 0 Å². The van der Waals surface area contributed by atoms with E-state index < -0.39 is 11.0 Å². The van der Waals surface area contributed by atoms with Crippen molar-refractivity contribution in [1.82, 2.24) is 4.90 Å². The molecule has 1 heterocycles. The van der Waals surface area contributed by atoms with E-state index in [4.69, 9.17) is 16.3 Å². The molecule has 0 spiro atoms. The Morgan fingerprint density at radius 1 is 1.39 bits per heavy atom. The number of hydrogen-bond acceptors (Lipinski definition) is 5. The average molecular weight is 342 g/mol. The first kappa shape index (κ1) is 17.5. The van der Waals surface area contributed by atoms with Crippen molar-refractivity contribution in [3.8, 4) is 0 Å². The number of nitrogens with one attached hydrogen (secondary N) is 1. The normalized spacial score (nSPS) is 16.3. The number of non-ortho nitro benzene ring substituents is 1. The Kier molecular flexibility index (Phi) is 5.79. The van der Waals surface area contributed by atoms with Crippen LogP contribution in [-0.4, -0.2) is 48.1 Å². The van der Waals surface area contributed by atoms with E-state index in [1.165, 1.54) is 18.2 Å². The molecular formula is C15H20ClN3O4. The van der Waals surface area contributed by atoms with E-state index in [0.717, 1.165) is 0 Å². The second kappa shape index (κ2) is 7.61. The monoisotopic (exact) mass is 341 g/mol. The molecule has 0 saturated carbocycles. The van der Waals surface area contributed by atoms with E-state index in [9.17, 15) is 14.9 Å². The number of carbonyl (C=O) groups excluding carboxylic acids is 1. The summed E-state index contributed by atoms with van der Waals surface area (Å²) >= 11 is 6.10. The van der Waals surface area contributed by atoms with Crippen LogP contribution in [-0.2, 0) is 9.53 Å². The number of nitro benzene ring substituents is 1. The van der Waals surface area contributed by atoms with Crippen LogP contribution in [0.2, 0.25) is 5.02 Å². The van der Waals surface area contributed by atoms with Crippen LogP contribution in [0, 0.1) is 16.0 Å². The summed E-state index contributed by atoms with van der Waals surface area (Å²) in [5.41, 5.74) is 0.429. The smallest absolute Gasteiger partial charge is 0.271 e. The summed E-state index contributed by atoms with van der Waals surface area (Å²) in [6, 6.07) is 3.72. The number of nitrogens with zero attached hydrogens (tertiary/aromatic N) is 2. The first-order chi connectivity index (χ1) is 10.9. The lowest BCUT2D eigenvalue weighted by atomic mass is 10.0. The molecule has 0 bridgehead atoms. The van der Waals surface area contributed by atoms with E-state index in [1.807, 2.05) is 13.8 Å². The Bertz CT molecular complexity index is 588. The molecule has 1 unspecified atom stereocenters. The summed E-state index contributed by atoms with van der Waals surface area (Å²) in [4.78, 5) is 24.7. The van der Waals surface area contributed by atoms with Crippen molar-refractivity contribution in [2.24, 2.45) is 5.92 Å². The van der Waals surface area contributed by atoms with Crippen molar-refractivity contribution >= 4 is 28.9 Å². The predicted molar refractivity (Wildman–Crippen MR) is 87.8 cm³/mol. The van der Waals surface area contributed by atoms with E-state index in [1.54, 1.807) is 4.90 Å². The summed E-state index contributed by atoms with van der Waals surface area (Å²) in [5.74, 6) is 0.0225. The minimum absolute atomic E-state index is 0.0160. The molecule has 8 heteroatoms. The van der Waals surface area contributed by atoms with Crippen molar-refractivity contribution in [1.29, 1.82) is 0 Å². The maximum atomic E-state index is 12.7. The molecule has 0 aromatic heterocycles. The lowest BCUT2D eigenvalue weighted by Gasteiger charge is -2.32. The Morgan fingerprint density at radius 2 is 2.04 bits per heavy atom. The Morgan fingerprint density at radius 3 is 2.57 bits per heavy atom. The molecule has 23 heavy (non-hydrogen) atoms. The third kappa shape index (κ3) is 4.33. The van der Waals surface area contributed by atoms with Gasteiger partial charge in [-0.05, 0) is 12.0 Å². The molecule has 0 radical (unpaired) electrons. The molecule has 0 aliphatic carbocycles. The van der Waals surface area contributed by atoms with Gasteiger partial charge in [-0.25, -0.2) is 0 Å². The summed E-state index contributed by atoms with van der Waals surface area (Å²) in [6.45, 7) is 6.09. The maximum absolute atomic E-state index is 12.7. The number of ether oxygens (including phenoxy) is 1. The molecule has 126 valence electrons. The van der Waals surface area contributed by atoms with E-state index in [0.29, 0.717) is 32.0 Å². The molecule has 1 N–H and O–H groups in total. The van der Waals surface area contributed by atoms with Gasteiger partial charge in [-0.15, -0.1) is 0 Å². The van der Waals surface area contributed by atoms with Crippen LogP contribution >= 0.6 is 11.6 Å². The fourth-order valence-corrected chi connectivity index (χ4v) is 2.63. The van der Waals surface area contributed by atoms with Crippen molar-refractivity contribution in [2.45, 2.75) is 19.9 Å². The van der Waals surface area contributed by atoms with Gasteiger partial charge in [-0.1, -0.05) is 25.4 Å². The van der Waals surface area contributed by atoms with Crippen LogP contribution in [0.15, 0.2) is 18.2 Å². The number of morpholine rings is 1. The number of rotatable bonds is 5. The second-order valence-corrected chi connectivity index (χ2v) is 6.13. The average Bonchev–Trinajstić information content (AvgIpc) is 2.53. The van der Waals surface area contributed by atoms with E-state index in [2.05, 4.69) is 5.32 Å². The first-order valence-corrected chi connectivity index (χ1v) is 7.85. The molecule has 1 aromatic rings. The summed E-state index contributed by atoms with van der Waals surface area (Å²) in [7, 11) is 0. The van der Waals surface area contributed by atoms with Gasteiger partial charge in [0.05, 0.1) is 28.8 Å². The number of amides is 1. The molecule has 1 aliphatic heterocycles. The van der Waals surface area contributed by atoms with Gasteiger partial charge >= 0.3 is 0 Å². The number of benzene rings is 1. The van der Waals surface area contributed by atoms with Gasteiger partial charge in [0.2, 0.25) is 5.91 Å². The molecular weight excluding hydrogens is 322 g/mol. The Hall–Kier alpha value is -1.86. The molecule has 1 fully saturated rings. The predicted octanol–water partition coefficient (Wildman–Crippen LogP) is 2.54. The number of anilines is 1. The third-order valence-corrected chi connectivity index (χ3v) is 4.04. The number of halogens is 1. The van der Waals surface area contributed by atoms with Crippen molar-refractivity contribution in [2.75, 3.05) is 31.6 Å². The molecule has 1 aromatic carbocycles. The van der Waals surface area contributed by atoms with E-state index in [-0.39, 0.29) is 22.5 Å². The Balaban J connectivity index is 2.16. The van der Waals surface area contributed by atoms with Gasteiger partial charge in [0, 0.05) is 25.2 Å². The minimum atomic E-state index is -0.505. The fourth-order valence-electron chi connectivity index (χ4n) is 2.40. The highest BCUT2D eigenvalue weighted by Crippen LogP contribution is 2.28. The highest BCUT2D eigenvalue weighted by Gasteiger charge is 2.28. The highest BCUT2D eigenvalue weighted by molar-refractivity contribution is 6.33. The standard InChI is InChI=1S/C15H20ClN3O4/c1-10(2)14(15(20)18-5-7-23-8-6-18)17-13-4-3-11(19(21)22)9-12(13)16/h3-4,9-10,14,17H,5-8H2,1-2H3. The first-order valence-electron chi connectivity index (χ1n) is 7.47. The largest absolute Gasteiger partial charge is 0.378 e. The zero-order chi connectivity index (χ0) is 17.0. The van der Waals surface area contributed by atoms with Crippen LogP contribution in [0.4, 0.5) is 11.4 Å². The lowest BCUT2D eigenvalue weighted by molar-refractivity contribution is -0.384. The molecule has 1 saturated heterocycles. The number of carbonyl (C=O) groups is 1. The molecule has 2 rings (SSSR count). The summed E-state index contributed by atoms with van der Waals surface area (Å²) in [6.07, 6.45) is 0. The fraction of sp³-hybridized carbons (Fsp3) is 0.533. The maximum Gasteiger partial charge on any atom is 0.271 e. The zero-order valence-corrected chi connectivity index (χ0v) is 13.9. The van der Waals surface area contributed by atoms with Crippen molar-refractivity contribution < 1.29 is 14.5 Å². The molecule has 1 aliphatic rings. The number of hydrogen-bond donors (Lipinski definition) is 1. The second-order valence-electron chi connectivity index (χ2n) is 5.72. The van der Waals surface area contributed by atoms with Crippen LogP contribution in [0.25, 0.3) is 0 Å². The van der Waals surface area contributed by atoms with Crippen LogP contribution in [0.3, 0.4) is 0 Å². The van der Waals surface area contributed by atoms with Gasteiger partial charge < -0.3 is 15.0 Å². The SMILES string of the molecule is CC(C)C(Nc1ccc([N+](=O)[O-])cc1Cl)C(=O)N1CCOCC1. The molecule has 1 atom stereocenters. The topological polar surface area (TPSA) is 84.7 Å². The van der Waals surface area contributed by atoms with Crippen LogP contribution < -0.4 is 5.32 Å².